The van der Waals surface area contributed by atoms with Gasteiger partial charge in [0.2, 0.25) is 0 Å². The van der Waals surface area contributed by atoms with Gasteiger partial charge in [-0.2, -0.15) is 0 Å². The topological polar surface area (TPSA) is 47.9 Å². The molecule has 4 heteroatoms. The van der Waals surface area contributed by atoms with Crippen molar-refractivity contribution in [1.82, 2.24) is 0 Å². The fourth-order valence-corrected chi connectivity index (χ4v) is 2.56. The van der Waals surface area contributed by atoms with Crippen LogP contribution in [0.1, 0.15) is 12.0 Å². The molecule has 0 aromatic heterocycles. The second-order valence-corrected chi connectivity index (χ2v) is 4.94. The van der Waals surface area contributed by atoms with Crippen molar-refractivity contribution in [3.05, 3.63) is 54.2 Å². The number of allylic oxidation sites excluding steroid dienone is 2. The van der Waals surface area contributed by atoms with Gasteiger partial charge in [0, 0.05) is 17.7 Å². The SMILES string of the molecule is C=C/C=C(\C=C/CO)C1CCc2c(OC)cc(OC)cc2O1. The minimum atomic E-state index is -0.0786. The Morgan fingerprint density at radius 1 is 1.41 bits per heavy atom. The Bertz CT molecular complexity index is 587. The number of hydrogen-bond acceptors (Lipinski definition) is 4. The van der Waals surface area contributed by atoms with Crippen LogP contribution in [0.5, 0.6) is 17.2 Å². The van der Waals surface area contributed by atoms with Crippen LogP contribution in [0, 0.1) is 0 Å². The third-order valence-electron chi connectivity index (χ3n) is 3.62. The number of fused-ring (bicyclic) bond motifs is 1. The number of ether oxygens (including phenoxy) is 3. The fraction of sp³-hybridized carbons (Fsp3) is 0.333. The summed E-state index contributed by atoms with van der Waals surface area (Å²) in [5.41, 5.74) is 2.04. The van der Waals surface area contributed by atoms with Crippen LogP contribution < -0.4 is 14.2 Å². The highest BCUT2D eigenvalue weighted by Crippen LogP contribution is 2.39. The summed E-state index contributed by atoms with van der Waals surface area (Å²) in [6.07, 6.45) is 8.81. The van der Waals surface area contributed by atoms with Crippen LogP contribution in [0.4, 0.5) is 0 Å². The summed E-state index contributed by atoms with van der Waals surface area (Å²) in [5.74, 6) is 2.27. The zero-order chi connectivity index (χ0) is 15.9. The van der Waals surface area contributed by atoms with Crippen molar-refractivity contribution >= 4 is 0 Å². The minimum Gasteiger partial charge on any atom is -0.496 e. The monoisotopic (exact) mass is 302 g/mol. The Labute approximate surface area is 131 Å². The van der Waals surface area contributed by atoms with E-state index < -0.39 is 0 Å². The van der Waals surface area contributed by atoms with E-state index in [0.717, 1.165) is 35.5 Å². The zero-order valence-electron chi connectivity index (χ0n) is 13.0. The molecule has 0 bridgehead atoms. The van der Waals surface area contributed by atoms with Gasteiger partial charge in [-0.25, -0.2) is 0 Å². The summed E-state index contributed by atoms with van der Waals surface area (Å²) in [5, 5.41) is 8.96. The maximum Gasteiger partial charge on any atom is 0.130 e. The number of aliphatic hydroxyl groups is 1. The van der Waals surface area contributed by atoms with Crippen molar-refractivity contribution in [3.8, 4) is 17.2 Å². The molecular weight excluding hydrogens is 280 g/mol. The lowest BCUT2D eigenvalue weighted by Crippen LogP contribution is -2.24. The van der Waals surface area contributed by atoms with E-state index in [1.54, 1.807) is 26.4 Å². The van der Waals surface area contributed by atoms with Crippen molar-refractivity contribution in [2.45, 2.75) is 18.9 Å². The Morgan fingerprint density at radius 3 is 2.86 bits per heavy atom. The lowest BCUT2D eigenvalue weighted by Gasteiger charge is -2.28. The predicted molar refractivity (Wildman–Crippen MR) is 86.8 cm³/mol. The van der Waals surface area contributed by atoms with Crippen LogP contribution in [-0.2, 0) is 6.42 Å². The van der Waals surface area contributed by atoms with Crippen LogP contribution in [0.25, 0.3) is 0 Å². The molecule has 0 saturated carbocycles. The second kappa shape index (κ2) is 7.71. The molecule has 1 aromatic rings. The first-order valence-electron chi connectivity index (χ1n) is 7.25. The van der Waals surface area contributed by atoms with Crippen molar-refractivity contribution in [2.75, 3.05) is 20.8 Å². The van der Waals surface area contributed by atoms with Crippen molar-refractivity contribution in [1.29, 1.82) is 0 Å². The molecule has 1 atom stereocenters. The molecule has 1 heterocycles. The average Bonchev–Trinajstić information content (AvgIpc) is 2.56. The molecule has 0 aliphatic carbocycles. The van der Waals surface area contributed by atoms with Gasteiger partial charge in [0.1, 0.15) is 23.4 Å². The zero-order valence-corrected chi connectivity index (χ0v) is 13.0. The van der Waals surface area contributed by atoms with Crippen LogP contribution >= 0.6 is 0 Å². The Balaban J connectivity index is 2.31. The van der Waals surface area contributed by atoms with Crippen molar-refractivity contribution in [3.63, 3.8) is 0 Å². The Kier molecular flexibility index (Phi) is 5.67. The van der Waals surface area contributed by atoms with E-state index in [9.17, 15) is 0 Å². The van der Waals surface area contributed by atoms with Crippen LogP contribution in [0.15, 0.2) is 48.6 Å². The van der Waals surface area contributed by atoms with Gasteiger partial charge in [0.15, 0.2) is 0 Å². The third-order valence-corrected chi connectivity index (χ3v) is 3.62. The summed E-state index contributed by atoms with van der Waals surface area (Å²) < 4.78 is 16.8. The number of rotatable bonds is 6. The van der Waals surface area contributed by atoms with E-state index in [-0.39, 0.29) is 12.7 Å². The molecule has 4 nitrogen and oxygen atoms in total. The maximum absolute atomic E-state index is 8.96. The van der Waals surface area contributed by atoms with Gasteiger partial charge in [-0.05, 0) is 18.4 Å². The van der Waals surface area contributed by atoms with Gasteiger partial charge < -0.3 is 19.3 Å². The van der Waals surface area contributed by atoms with E-state index in [4.69, 9.17) is 19.3 Å². The molecule has 1 unspecified atom stereocenters. The standard InChI is InChI=1S/C18H22O4/c1-4-6-13(7-5-10-19)16-9-8-15-17(21-3)11-14(20-2)12-18(15)22-16/h4-7,11-12,16,19H,1,8-10H2,2-3H3/b7-5-,13-6+. The number of methoxy groups -OCH3 is 2. The summed E-state index contributed by atoms with van der Waals surface area (Å²) in [6.45, 7) is 3.73. The molecule has 0 amide bonds. The molecule has 0 fully saturated rings. The molecule has 0 saturated heterocycles. The van der Waals surface area contributed by atoms with Crippen LogP contribution in [-0.4, -0.2) is 32.0 Å². The largest absolute Gasteiger partial charge is 0.496 e. The fourth-order valence-electron chi connectivity index (χ4n) is 2.56. The van der Waals surface area contributed by atoms with Crippen LogP contribution in [0.3, 0.4) is 0 Å². The average molecular weight is 302 g/mol. The third kappa shape index (κ3) is 3.52. The van der Waals surface area contributed by atoms with Crippen LogP contribution in [0.2, 0.25) is 0 Å². The molecule has 0 spiro atoms. The van der Waals surface area contributed by atoms with E-state index in [2.05, 4.69) is 6.58 Å². The molecule has 1 aromatic carbocycles. The molecule has 22 heavy (non-hydrogen) atoms. The summed E-state index contributed by atoms with van der Waals surface area (Å²) >= 11 is 0. The molecule has 1 N–H and O–H groups in total. The van der Waals surface area contributed by atoms with E-state index in [0.29, 0.717) is 5.75 Å². The smallest absolute Gasteiger partial charge is 0.130 e. The Morgan fingerprint density at radius 2 is 2.23 bits per heavy atom. The maximum atomic E-state index is 8.96. The van der Waals surface area contributed by atoms with E-state index in [1.807, 2.05) is 24.3 Å². The lowest BCUT2D eigenvalue weighted by atomic mass is 9.96. The van der Waals surface area contributed by atoms with Gasteiger partial charge in [0.05, 0.1) is 20.8 Å². The first-order valence-corrected chi connectivity index (χ1v) is 7.25. The van der Waals surface area contributed by atoms with Crippen molar-refractivity contribution in [2.24, 2.45) is 0 Å². The molecule has 118 valence electrons. The highest BCUT2D eigenvalue weighted by atomic mass is 16.5. The van der Waals surface area contributed by atoms with E-state index >= 15 is 0 Å². The number of hydrogen-bond donors (Lipinski definition) is 1. The first kappa shape index (κ1) is 16.2. The quantitative estimate of drug-likeness (QED) is 0.821. The molecule has 0 radical (unpaired) electrons. The molecular formula is C18H22O4. The van der Waals surface area contributed by atoms with Gasteiger partial charge in [-0.1, -0.05) is 30.9 Å². The molecule has 1 aliphatic heterocycles. The summed E-state index contributed by atoms with van der Waals surface area (Å²) in [7, 11) is 3.27. The summed E-state index contributed by atoms with van der Waals surface area (Å²) in [6, 6.07) is 3.75. The number of benzene rings is 1. The highest BCUT2D eigenvalue weighted by Gasteiger charge is 2.25. The molecule has 1 aliphatic rings. The Hall–Kier alpha value is -2.20. The predicted octanol–water partition coefficient (Wildman–Crippen LogP) is 3.06. The summed E-state index contributed by atoms with van der Waals surface area (Å²) in [4.78, 5) is 0. The van der Waals surface area contributed by atoms with Gasteiger partial charge in [0.25, 0.3) is 0 Å². The van der Waals surface area contributed by atoms with Gasteiger partial charge in [-0.15, -0.1) is 0 Å². The normalized spacial score (nSPS) is 17.8. The number of aliphatic hydroxyl groups excluding tert-OH is 1. The van der Waals surface area contributed by atoms with E-state index in [1.165, 1.54) is 0 Å². The minimum absolute atomic E-state index is 0.000560. The highest BCUT2D eigenvalue weighted by molar-refractivity contribution is 5.52. The molecule has 2 rings (SSSR count). The first-order chi connectivity index (χ1) is 10.7. The second-order valence-electron chi connectivity index (χ2n) is 4.94. The van der Waals surface area contributed by atoms with Gasteiger partial charge >= 0.3 is 0 Å². The van der Waals surface area contributed by atoms with Gasteiger partial charge in [-0.3, -0.25) is 0 Å². The van der Waals surface area contributed by atoms with Crippen molar-refractivity contribution < 1.29 is 19.3 Å². The lowest BCUT2D eigenvalue weighted by molar-refractivity contribution is 0.206.